The van der Waals surface area contributed by atoms with Crippen molar-refractivity contribution in [1.29, 1.82) is 5.26 Å². The van der Waals surface area contributed by atoms with E-state index in [-0.39, 0.29) is 16.9 Å². The molecule has 3 aliphatic rings. The van der Waals surface area contributed by atoms with Crippen LogP contribution in [-0.2, 0) is 15.7 Å². The predicted octanol–water partition coefficient (Wildman–Crippen LogP) is 5.09. The molecular weight excluding hydrogens is 557 g/mol. The van der Waals surface area contributed by atoms with E-state index in [1.54, 1.807) is 9.80 Å². The number of amides is 2. The average Bonchev–Trinajstić information content (AvgIpc) is 3.13. The minimum absolute atomic E-state index is 0.0630. The molecule has 0 unspecified atom stereocenters. The summed E-state index contributed by atoms with van der Waals surface area (Å²) in [6.07, 6.45) is -2.29. The van der Waals surface area contributed by atoms with E-state index in [4.69, 9.17) is 22.2 Å². The van der Waals surface area contributed by atoms with Gasteiger partial charge in [0.2, 0.25) is 0 Å². The number of nitrogens with zero attached hydrogens (tertiary/aromatic N) is 6. The molecule has 0 radical (unpaired) electrons. The molecule has 216 valence electrons. The number of carbonyl (C=O) groups is 2. The molecule has 1 aliphatic carbocycles. The molecular formula is C28H29F3N6O3S. The lowest BCUT2D eigenvalue weighted by atomic mass is 9.75. The minimum atomic E-state index is -4.82. The number of benzene rings is 1. The molecule has 1 spiro atoms. The molecule has 9 nitrogen and oxygen atoms in total. The molecule has 1 aromatic heterocycles. The SMILES string of the molecule is CC(C)(C)OC(=O)N1CCN(c2ccc(N3C(=S)N(c4cnc(C#N)c(C(F)(F)F)c4)C(=O)C34CCC4)cc2)CC1. The molecule has 3 fully saturated rings. The molecule has 1 saturated carbocycles. The first-order chi connectivity index (χ1) is 19.2. The number of thiocarbonyl (C=S) groups is 1. The quantitative estimate of drug-likeness (QED) is 0.460. The second-order valence-electron chi connectivity index (χ2n) is 11.3. The van der Waals surface area contributed by atoms with Gasteiger partial charge in [-0.25, -0.2) is 9.78 Å². The normalized spacial score (nSPS) is 19.0. The summed E-state index contributed by atoms with van der Waals surface area (Å²) in [4.78, 5) is 36.4. The van der Waals surface area contributed by atoms with Crippen molar-refractivity contribution in [2.45, 2.75) is 57.3 Å². The molecule has 41 heavy (non-hydrogen) atoms. The Bertz CT molecular complexity index is 1420. The van der Waals surface area contributed by atoms with Gasteiger partial charge < -0.3 is 19.4 Å². The van der Waals surface area contributed by atoms with E-state index in [1.165, 1.54) is 6.07 Å². The van der Waals surface area contributed by atoms with Gasteiger partial charge in [-0.3, -0.25) is 9.69 Å². The number of hydrogen-bond donors (Lipinski definition) is 0. The number of aromatic nitrogens is 1. The molecule has 3 heterocycles. The summed E-state index contributed by atoms with van der Waals surface area (Å²) in [6.45, 7) is 7.74. The van der Waals surface area contributed by atoms with Crippen molar-refractivity contribution in [3.8, 4) is 6.07 Å². The molecule has 0 N–H and O–H groups in total. The van der Waals surface area contributed by atoms with E-state index >= 15 is 0 Å². The number of alkyl halides is 3. The van der Waals surface area contributed by atoms with E-state index in [0.717, 1.165) is 29.3 Å². The number of carbonyl (C=O) groups excluding carboxylic acids is 2. The van der Waals surface area contributed by atoms with Gasteiger partial charge in [0.25, 0.3) is 5.91 Å². The lowest BCUT2D eigenvalue weighted by Gasteiger charge is -2.43. The first-order valence-corrected chi connectivity index (χ1v) is 13.6. The van der Waals surface area contributed by atoms with Crippen molar-refractivity contribution in [2.75, 3.05) is 40.9 Å². The predicted molar refractivity (Wildman–Crippen MR) is 150 cm³/mol. The highest BCUT2D eigenvalue weighted by Crippen LogP contribution is 2.48. The molecule has 0 bridgehead atoms. The zero-order chi connectivity index (χ0) is 29.7. The molecule has 2 aliphatic heterocycles. The zero-order valence-corrected chi connectivity index (χ0v) is 23.7. The Balaban J connectivity index is 1.36. The summed E-state index contributed by atoms with van der Waals surface area (Å²) in [5, 5.41) is 9.17. The van der Waals surface area contributed by atoms with E-state index in [0.29, 0.717) is 44.7 Å². The first kappa shape index (κ1) is 28.6. The van der Waals surface area contributed by atoms with Crippen molar-refractivity contribution in [3.05, 3.63) is 47.8 Å². The van der Waals surface area contributed by atoms with Gasteiger partial charge in [0.05, 0.1) is 17.4 Å². The Morgan fingerprint density at radius 3 is 2.17 bits per heavy atom. The molecule has 13 heteroatoms. The first-order valence-electron chi connectivity index (χ1n) is 13.2. The zero-order valence-electron chi connectivity index (χ0n) is 22.9. The number of anilines is 3. The Morgan fingerprint density at radius 1 is 1.05 bits per heavy atom. The maximum Gasteiger partial charge on any atom is 0.419 e. The fraction of sp³-hybridized carbons (Fsp3) is 0.464. The van der Waals surface area contributed by atoms with Crippen LogP contribution in [0.15, 0.2) is 36.5 Å². The Kier molecular flexibility index (Phi) is 7.09. The molecule has 5 rings (SSSR count). The molecule has 2 saturated heterocycles. The highest BCUT2D eigenvalue weighted by atomic mass is 32.1. The lowest BCUT2D eigenvalue weighted by molar-refractivity contribution is -0.138. The van der Waals surface area contributed by atoms with Gasteiger partial charge >= 0.3 is 12.3 Å². The van der Waals surface area contributed by atoms with Crippen LogP contribution >= 0.6 is 12.2 Å². The summed E-state index contributed by atoms with van der Waals surface area (Å²) < 4.78 is 46.3. The number of halogens is 3. The van der Waals surface area contributed by atoms with Crippen molar-refractivity contribution >= 4 is 46.4 Å². The van der Waals surface area contributed by atoms with E-state index in [1.807, 2.05) is 45.0 Å². The van der Waals surface area contributed by atoms with Crippen LogP contribution in [0.4, 0.5) is 35.0 Å². The minimum Gasteiger partial charge on any atom is -0.444 e. The van der Waals surface area contributed by atoms with Gasteiger partial charge in [0, 0.05) is 37.6 Å². The van der Waals surface area contributed by atoms with Crippen LogP contribution in [0.25, 0.3) is 0 Å². The molecule has 2 amide bonds. The lowest BCUT2D eigenvalue weighted by Crippen LogP contribution is -2.55. The summed E-state index contributed by atoms with van der Waals surface area (Å²) in [5.74, 6) is -0.407. The Hall–Kier alpha value is -3.92. The molecule has 0 atom stereocenters. The van der Waals surface area contributed by atoms with Crippen molar-refractivity contribution in [1.82, 2.24) is 9.88 Å². The van der Waals surface area contributed by atoms with Crippen LogP contribution in [0.2, 0.25) is 0 Å². The van der Waals surface area contributed by atoms with Gasteiger partial charge in [0.15, 0.2) is 10.8 Å². The van der Waals surface area contributed by atoms with Crippen LogP contribution in [-0.4, -0.2) is 64.3 Å². The topological polar surface area (TPSA) is 93.0 Å². The van der Waals surface area contributed by atoms with Crippen molar-refractivity contribution in [2.24, 2.45) is 0 Å². The van der Waals surface area contributed by atoms with Crippen LogP contribution in [0.3, 0.4) is 0 Å². The summed E-state index contributed by atoms with van der Waals surface area (Å²) >= 11 is 5.68. The summed E-state index contributed by atoms with van der Waals surface area (Å²) in [7, 11) is 0. The number of hydrogen-bond acceptors (Lipinski definition) is 7. The number of piperazine rings is 1. The standard InChI is InChI=1S/C28H29F3N6O3S/c1-26(2,3)40-25(39)35-13-11-34(12-14-35)18-5-7-19(8-6-18)37-24(41)36(23(38)27(37)9-4-10-27)20-15-21(28(29,30)31)22(16-32)33-17-20/h5-8,15,17H,4,9-14H2,1-3H3. The smallest absolute Gasteiger partial charge is 0.419 e. The number of nitriles is 1. The highest BCUT2D eigenvalue weighted by molar-refractivity contribution is 7.81. The Morgan fingerprint density at radius 2 is 1.66 bits per heavy atom. The molecule has 2 aromatic rings. The van der Waals surface area contributed by atoms with E-state index < -0.39 is 34.5 Å². The van der Waals surface area contributed by atoms with Gasteiger partial charge in [-0.15, -0.1) is 0 Å². The van der Waals surface area contributed by atoms with Crippen LogP contribution < -0.4 is 14.7 Å². The monoisotopic (exact) mass is 586 g/mol. The van der Waals surface area contributed by atoms with Gasteiger partial charge in [-0.1, -0.05) is 0 Å². The highest BCUT2D eigenvalue weighted by Gasteiger charge is 2.59. The number of pyridine rings is 1. The second-order valence-corrected chi connectivity index (χ2v) is 11.7. The maximum absolute atomic E-state index is 13.7. The maximum atomic E-state index is 13.7. The summed E-state index contributed by atoms with van der Waals surface area (Å²) in [5.41, 5.74) is -2.07. The van der Waals surface area contributed by atoms with Crippen LogP contribution in [0, 0.1) is 11.3 Å². The number of rotatable bonds is 3. The number of ether oxygens (including phenoxy) is 1. The van der Waals surface area contributed by atoms with Crippen LogP contribution in [0.5, 0.6) is 0 Å². The van der Waals surface area contributed by atoms with Crippen molar-refractivity contribution < 1.29 is 27.5 Å². The van der Waals surface area contributed by atoms with Gasteiger partial charge in [0.1, 0.15) is 17.2 Å². The fourth-order valence-corrected chi connectivity index (χ4v) is 5.84. The van der Waals surface area contributed by atoms with Crippen LogP contribution in [0.1, 0.15) is 51.3 Å². The second kappa shape index (κ2) is 10.2. The fourth-order valence-electron chi connectivity index (χ4n) is 5.38. The largest absolute Gasteiger partial charge is 0.444 e. The van der Waals surface area contributed by atoms with E-state index in [2.05, 4.69) is 9.88 Å². The van der Waals surface area contributed by atoms with Gasteiger partial charge in [-0.2, -0.15) is 18.4 Å². The van der Waals surface area contributed by atoms with E-state index in [9.17, 15) is 22.8 Å². The summed E-state index contributed by atoms with van der Waals surface area (Å²) in [6, 6.07) is 9.72. The third-order valence-corrected chi connectivity index (χ3v) is 7.90. The third-order valence-electron chi connectivity index (χ3n) is 7.54. The average molecular weight is 587 g/mol. The van der Waals surface area contributed by atoms with Gasteiger partial charge in [-0.05, 0) is 82.6 Å². The Labute approximate surface area is 241 Å². The third kappa shape index (κ3) is 5.16. The molecule has 1 aromatic carbocycles. The van der Waals surface area contributed by atoms with Crippen molar-refractivity contribution in [3.63, 3.8) is 0 Å².